The van der Waals surface area contributed by atoms with E-state index in [-0.39, 0.29) is 12.4 Å². The van der Waals surface area contributed by atoms with Gasteiger partial charge in [-0.3, -0.25) is 0 Å². The first kappa shape index (κ1) is 15.4. The molecule has 0 saturated carbocycles. The summed E-state index contributed by atoms with van der Waals surface area (Å²) in [5, 5.41) is 13.8. The first-order chi connectivity index (χ1) is 8.65. The molecule has 0 atom stereocenters. The Morgan fingerprint density at radius 3 is 2.63 bits per heavy atom. The molecule has 0 amide bonds. The fraction of sp³-hybridized carbons (Fsp3) is 0.417. The van der Waals surface area contributed by atoms with Crippen LogP contribution < -0.4 is 9.88 Å². The van der Waals surface area contributed by atoms with Crippen molar-refractivity contribution in [3.05, 3.63) is 24.0 Å². The maximum Gasteiger partial charge on any atom is 0.241 e. The molecular weight excluding hydrogens is 271 g/mol. The molecule has 0 aliphatic carbocycles. The normalized spacial score (nSPS) is 11.9. The zero-order valence-electron chi connectivity index (χ0n) is 10.7. The number of sulfonamides is 1. The summed E-state index contributed by atoms with van der Waals surface area (Å²) in [6, 6.07) is 5.19. The molecule has 2 N–H and O–H groups in total. The van der Waals surface area contributed by atoms with E-state index in [9.17, 15) is 12.8 Å². The van der Waals surface area contributed by atoms with Gasteiger partial charge in [-0.1, -0.05) is 0 Å². The molecule has 0 bridgehead atoms. The number of nitrogens with zero attached hydrogens (tertiary/aromatic N) is 1. The molecule has 0 radical (unpaired) electrons. The van der Waals surface area contributed by atoms with E-state index in [2.05, 4.69) is 6.07 Å². The van der Waals surface area contributed by atoms with Crippen LogP contribution in [0.15, 0.2) is 23.1 Å². The molecule has 5 nitrogen and oxygen atoms in total. The Hall–Kier alpha value is -1.65. The monoisotopic (exact) mass is 286 g/mol. The summed E-state index contributed by atoms with van der Waals surface area (Å²) in [4.78, 5) is -0.401. The van der Waals surface area contributed by atoms with Crippen LogP contribution in [0.25, 0.3) is 0 Å². The summed E-state index contributed by atoms with van der Waals surface area (Å²) in [5.41, 5.74) is -0.582. The topological polar surface area (TPSA) is 93.2 Å². The summed E-state index contributed by atoms with van der Waals surface area (Å²) in [5.74, 6) is -0.730. The predicted octanol–water partition coefficient (Wildman–Crippen LogP) is 1.79. The molecule has 0 saturated heterocycles. The molecule has 7 heteroatoms. The van der Waals surface area contributed by atoms with E-state index in [0.29, 0.717) is 6.42 Å². The zero-order chi connectivity index (χ0) is 14.7. The molecule has 0 unspecified atom stereocenters. The summed E-state index contributed by atoms with van der Waals surface area (Å²) in [7, 11) is -4.06. The van der Waals surface area contributed by atoms with E-state index in [1.807, 2.05) is 0 Å². The minimum Gasteiger partial charge on any atom is -0.492 e. The van der Waals surface area contributed by atoms with Gasteiger partial charge in [-0.2, -0.15) is 5.26 Å². The second kappa shape index (κ2) is 5.55. The number of halogens is 1. The number of rotatable bonds is 5. The van der Waals surface area contributed by atoms with Gasteiger partial charge in [0.25, 0.3) is 0 Å². The average Bonchev–Trinajstić information content (AvgIpc) is 2.29. The Kier molecular flexibility index (Phi) is 4.50. The lowest BCUT2D eigenvalue weighted by molar-refractivity contribution is 0.258. The minimum absolute atomic E-state index is 0.0161. The molecule has 0 heterocycles. The fourth-order valence-corrected chi connectivity index (χ4v) is 1.98. The Morgan fingerprint density at radius 2 is 2.11 bits per heavy atom. The third kappa shape index (κ3) is 4.50. The zero-order valence-corrected chi connectivity index (χ0v) is 11.5. The van der Waals surface area contributed by atoms with Crippen LogP contribution in [0.5, 0.6) is 5.75 Å². The van der Waals surface area contributed by atoms with Gasteiger partial charge < -0.3 is 4.74 Å². The molecule has 0 aromatic heterocycles. The Labute approximate surface area is 111 Å². The lowest BCUT2D eigenvalue weighted by Crippen LogP contribution is -2.17. The van der Waals surface area contributed by atoms with Crippen LogP contribution in [0.2, 0.25) is 0 Å². The molecule has 104 valence electrons. The largest absolute Gasteiger partial charge is 0.492 e. The van der Waals surface area contributed by atoms with Gasteiger partial charge in [-0.05, 0) is 38.5 Å². The molecule has 1 aromatic rings. The second-order valence-electron chi connectivity index (χ2n) is 4.73. The maximum absolute atomic E-state index is 13.0. The summed E-state index contributed by atoms with van der Waals surface area (Å²) in [6.45, 7) is 3.61. The lowest BCUT2D eigenvalue weighted by atomic mass is 9.92. The molecule has 0 fully saturated rings. The Bertz CT molecular complexity index is 606. The SMILES string of the molecule is CC(C)(C#N)CCOc1ccc(F)cc1S(N)(=O)=O. The summed E-state index contributed by atoms with van der Waals surface area (Å²) < 4.78 is 40.9. The number of benzene rings is 1. The smallest absolute Gasteiger partial charge is 0.241 e. The fourth-order valence-electron chi connectivity index (χ4n) is 1.30. The quantitative estimate of drug-likeness (QED) is 0.893. The van der Waals surface area contributed by atoms with E-state index in [1.165, 1.54) is 6.07 Å². The third-order valence-electron chi connectivity index (χ3n) is 2.50. The van der Waals surface area contributed by atoms with Crippen LogP contribution >= 0.6 is 0 Å². The highest BCUT2D eigenvalue weighted by molar-refractivity contribution is 7.89. The first-order valence-corrected chi connectivity index (χ1v) is 7.07. The van der Waals surface area contributed by atoms with Gasteiger partial charge in [0, 0.05) is 0 Å². The van der Waals surface area contributed by atoms with Gasteiger partial charge in [0.1, 0.15) is 16.5 Å². The number of hydrogen-bond donors (Lipinski definition) is 1. The number of nitrogens with two attached hydrogens (primary N) is 1. The van der Waals surface area contributed by atoms with E-state index < -0.39 is 26.2 Å². The van der Waals surface area contributed by atoms with E-state index in [4.69, 9.17) is 15.1 Å². The molecular formula is C12H15FN2O3S. The molecule has 0 aliphatic rings. The average molecular weight is 286 g/mol. The van der Waals surface area contributed by atoms with Gasteiger partial charge in [-0.15, -0.1) is 0 Å². The van der Waals surface area contributed by atoms with Gasteiger partial charge in [0.05, 0.1) is 18.1 Å². The van der Waals surface area contributed by atoms with Crippen LogP contribution in [-0.2, 0) is 10.0 Å². The van der Waals surface area contributed by atoms with Crippen LogP contribution in [0.4, 0.5) is 4.39 Å². The first-order valence-electron chi connectivity index (χ1n) is 5.52. The molecule has 19 heavy (non-hydrogen) atoms. The van der Waals surface area contributed by atoms with E-state index in [0.717, 1.165) is 12.1 Å². The highest BCUT2D eigenvalue weighted by Crippen LogP contribution is 2.25. The Morgan fingerprint density at radius 1 is 1.47 bits per heavy atom. The van der Waals surface area contributed by atoms with Crippen molar-refractivity contribution in [2.75, 3.05) is 6.61 Å². The van der Waals surface area contributed by atoms with Crippen molar-refractivity contribution in [3.8, 4) is 11.8 Å². The minimum atomic E-state index is -4.06. The molecule has 1 rings (SSSR count). The van der Waals surface area contributed by atoms with Gasteiger partial charge >= 0.3 is 0 Å². The van der Waals surface area contributed by atoms with Crippen LogP contribution in [0.1, 0.15) is 20.3 Å². The van der Waals surface area contributed by atoms with E-state index in [1.54, 1.807) is 13.8 Å². The number of nitriles is 1. The van der Waals surface area contributed by atoms with Crippen molar-refractivity contribution in [3.63, 3.8) is 0 Å². The highest BCUT2D eigenvalue weighted by atomic mass is 32.2. The molecule has 1 aromatic carbocycles. The number of primary sulfonamides is 1. The van der Waals surface area contributed by atoms with Crippen molar-refractivity contribution in [2.24, 2.45) is 10.6 Å². The number of ether oxygens (including phenoxy) is 1. The van der Waals surface area contributed by atoms with Crippen LogP contribution in [0.3, 0.4) is 0 Å². The van der Waals surface area contributed by atoms with E-state index >= 15 is 0 Å². The molecule has 0 aliphatic heterocycles. The Balaban J connectivity index is 2.89. The van der Waals surface area contributed by atoms with Crippen molar-refractivity contribution in [1.82, 2.24) is 0 Å². The van der Waals surface area contributed by atoms with Crippen molar-refractivity contribution in [1.29, 1.82) is 5.26 Å². The van der Waals surface area contributed by atoms with Crippen molar-refractivity contribution in [2.45, 2.75) is 25.2 Å². The third-order valence-corrected chi connectivity index (χ3v) is 3.43. The van der Waals surface area contributed by atoms with Crippen LogP contribution in [0, 0.1) is 22.6 Å². The second-order valence-corrected chi connectivity index (χ2v) is 6.26. The number of hydrogen-bond acceptors (Lipinski definition) is 4. The van der Waals surface area contributed by atoms with Gasteiger partial charge in [0.15, 0.2) is 0 Å². The predicted molar refractivity (Wildman–Crippen MR) is 67.3 cm³/mol. The van der Waals surface area contributed by atoms with Crippen LogP contribution in [-0.4, -0.2) is 15.0 Å². The van der Waals surface area contributed by atoms with Gasteiger partial charge in [0.2, 0.25) is 10.0 Å². The summed E-state index contributed by atoms with van der Waals surface area (Å²) in [6.07, 6.45) is 0.408. The van der Waals surface area contributed by atoms with Crippen molar-refractivity contribution >= 4 is 10.0 Å². The van der Waals surface area contributed by atoms with Crippen molar-refractivity contribution < 1.29 is 17.5 Å². The standard InChI is InChI=1S/C12H15FN2O3S/c1-12(2,8-14)5-6-18-10-4-3-9(13)7-11(10)19(15,16)17/h3-4,7H,5-6H2,1-2H3,(H2,15,16,17). The lowest BCUT2D eigenvalue weighted by Gasteiger charge is -2.16. The van der Waals surface area contributed by atoms with Gasteiger partial charge in [-0.25, -0.2) is 17.9 Å². The maximum atomic E-state index is 13.0. The summed E-state index contributed by atoms with van der Waals surface area (Å²) >= 11 is 0. The molecule has 0 spiro atoms. The highest BCUT2D eigenvalue weighted by Gasteiger charge is 2.19.